The lowest BCUT2D eigenvalue weighted by Crippen LogP contribution is -2.37. The van der Waals surface area contributed by atoms with E-state index < -0.39 is 18.0 Å². The van der Waals surface area contributed by atoms with E-state index in [-0.39, 0.29) is 30.9 Å². The topological polar surface area (TPSA) is 105 Å². The number of aliphatic carboxylic acids is 1. The van der Waals surface area contributed by atoms with E-state index in [0.29, 0.717) is 25.8 Å². The SMILES string of the molecule is CCC(CCC(=O)NCCC(C)C(=O)O)NC(=O)OCC1c2ccccc2-c2ccccc21. The molecule has 0 bridgehead atoms. The molecule has 0 aliphatic heterocycles. The molecule has 0 fully saturated rings. The molecule has 2 amide bonds. The molecular weight excluding hydrogens is 420 g/mol. The van der Waals surface area contributed by atoms with Crippen LogP contribution in [0.25, 0.3) is 11.1 Å². The highest BCUT2D eigenvalue weighted by atomic mass is 16.5. The summed E-state index contributed by atoms with van der Waals surface area (Å²) < 4.78 is 5.59. The highest BCUT2D eigenvalue weighted by molar-refractivity contribution is 5.79. The van der Waals surface area contributed by atoms with E-state index in [1.807, 2.05) is 31.2 Å². The molecule has 0 saturated heterocycles. The van der Waals surface area contributed by atoms with Gasteiger partial charge in [0.2, 0.25) is 5.91 Å². The number of hydrogen-bond donors (Lipinski definition) is 3. The number of alkyl carbamates (subject to hydrolysis) is 1. The number of nitrogens with one attached hydrogen (secondary N) is 2. The fourth-order valence-corrected chi connectivity index (χ4v) is 4.13. The normalized spacial score (nSPS) is 14.0. The Balaban J connectivity index is 1.45. The molecule has 0 radical (unpaired) electrons. The molecule has 0 saturated carbocycles. The molecule has 2 aromatic carbocycles. The Hall–Kier alpha value is -3.35. The summed E-state index contributed by atoms with van der Waals surface area (Å²) in [5.74, 6) is -1.52. The highest BCUT2D eigenvalue weighted by Gasteiger charge is 2.29. The summed E-state index contributed by atoms with van der Waals surface area (Å²) in [4.78, 5) is 35.3. The zero-order valence-corrected chi connectivity index (χ0v) is 19.2. The minimum atomic E-state index is -0.873. The Kier molecular flexibility index (Phi) is 8.46. The van der Waals surface area contributed by atoms with Crippen LogP contribution in [-0.4, -0.2) is 42.3 Å². The Bertz CT molecular complexity index is 945. The Morgan fingerprint density at radius 1 is 1.00 bits per heavy atom. The number of amides is 2. The van der Waals surface area contributed by atoms with Crippen LogP contribution in [0.3, 0.4) is 0 Å². The van der Waals surface area contributed by atoms with Crippen LogP contribution >= 0.6 is 0 Å². The van der Waals surface area contributed by atoms with E-state index in [2.05, 4.69) is 34.9 Å². The number of carboxylic acid groups (broad SMARTS) is 1. The number of benzene rings is 2. The van der Waals surface area contributed by atoms with Crippen molar-refractivity contribution in [1.82, 2.24) is 10.6 Å². The number of ether oxygens (including phenoxy) is 1. The molecule has 3 rings (SSSR count). The number of carbonyl (C=O) groups is 3. The van der Waals surface area contributed by atoms with Crippen LogP contribution in [0.15, 0.2) is 48.5 Å². The van der Waals surface area contributed by atoms with Crippen LogP contribution in [0.2, 0.25) is 0 Å². The highest BCUT2D eigenvalue weighted by Crippen LogP contribution is 2.44. The lowest BCUT2D eigenvalue weighted by molar-refractivity contribution is -0.141. The number of fused-ring (bicyclic) bond motifs is 3. The van der Waals surface area contributed by atoms with Gasteiger partial charge in [0.05, 0.1) is 5.92 Å². The molecule has 3 N–H and O–H groups in total. The van der Waals surface area contributed by atoms with Gasteiger partial charge in [-0.05, 0) is 41.5 Å². The molecule has 176 valence electrons. The zero-order valence-electron chi connectivity index (χ0n) is 19.2. The maximum absolute atomic E-state index is 12.5. The minimum Gasteiger partial charge on any atom is -0.481 e. The summed E-state index contributed by atoms with van der Waals surface area (Å²) >= 11 is 0. The predicted octanol–water partition coefficient (Wildman–Crippen LogP) is 4.31. The van der Waals surface area contributed by atoms with E-state index in [1.165, 1.54) is 11.1 Å². The first kappa shape index (κ1) is 24.3. The molecule has 2 unspecified atom stereocenters. The molecule has 7 nitrogen and oxygen atoms in total. The summed E-state index contributed by atoms with van der Waals surface area (Å²) in [5.41, 5.74) is 4.68. The average molecular weight is 453 g/mol. The van der Waals surface area contributed by atoms with Crippen molar-refractivity contribution >= 4 is 18.0 Å². The molecule has 7 heteroatoms. The van der Waals surface area contributed by atoms with Crippen LogP contribution in [0.4, 0.5) is 4.79 Å². The van der Waals surface area contributed by atoms with Crippen molar-refractivity contribution in [1.29, 1.82) is 0 Å². The number of carbonyl (C=O) groups excluding carboxylic acids is 2. The van der Waals surface area contributed by atoms with Crippen LogP contribution in [0.1, 0.15) is 56.6 Å². The van der Waals surface area contributed by atoms with Crippen LogP contribution in [0, 0.1) is 5.92 Å². The van der Waals surface area contributed by atoms with Crippen molar-refractivity contribution in [2.75, 3.05) is 13.2 Å². The summed E-state index contributed by atoms with van der Waals surface area (Å²) in [6.45, 7) is 4.13. The van der Waals surface area contributed by atoms with Crippen molar-refractivity contribution in [3.63, 3.8) is 0 Å². The third-order valence-corrected chi connectivity index (χ3v) is 6.20. The van der Waals surface area contributed by atoms with Gasteiger partial charge in [-0.25, -0.2) is 4.79 Å². The van der Waals surface area contributed by atoms with Gasteiger partial charge in [-0.1, -0.05) is 62.4 Å². The second-order valence-electron chi connectivity index (χ2n) is 8.49. The van der Waals surface area contributed by atoms with Crippen molar-refractivity contribution in [2.24, 2.45) is 5.92 Å². The molecule has 0 aromatic heterocycles. The van der Waals surface area contributed by atoms with Crippen molar-refractivity contribution < 1.29 is 24.2 Å². The number of carboxylic acids is 1. The maximum atomic E-state index is 12.5. The van der Waals surface area contributed by atoms with Gasteiger partial charge < -0.3 is 20.5 Å². The summed E-state index contributed by atoms with van der Waals surface area (Å²) in [6.07, 6.45) is 1.31. The van der Waals surface area contributed by atoms with Crippen LogP contribution in [0.5, 0.6) is 0 Å². The van der Waals surface area contributed by atoms with E-state index in [4.69, 9.17) is 9.84 Å². The molecule has 33 heavy (non-hydrogen) atoms. The molecule has 1 aliphatic carbocycles. The smallest absolute Gasteiger partial charge is 0.407 e. The molecule has 0 heterocycles. The van der Waals surface area contributed by atoms with Gasteiger partial charge in [0.15, 0.2) is 0 Å². The molecule has 1 aliphatic rings. The van der Waals surface area contributed by atoms with Gasteiger partial charge in [0, 0.05) is 24.9 Å². The van der Waals surface area contributed by atoms with Gasteiger partial charge in [0.1, 0.15) is 6.61 Å². The first-order valence-corrected chi connectivity index (χ1v) is 11.5. The van der Waals surface area contributed by atoms with Crippen LogP contribution in [-0.2, 0) is 14.3 Å². The first-order chi connectivity index (χ1) is 15.9. The average Bonchev–Trinajstić information content (AvgIpc) is 3.14. The summed E-state index contributed by atoms with van der Waals surface area (Å²) in [6, 6.07) is 16.2. The number of rotatable bonds is 11. The van der Waals surface area contributed by atoms with Crippen molar-refractivity contribution in [3.05, 3.63) is 59.7 Å². The standard InChI is InChI=1S/C26H32N2O5/c1-3-18(12-13-24(29)27-15-14-17(2)25(30)31)28-26(32)33-16-23-21-10-6-4-8-19(21)20-9-5-7-11-22(20)23/h4-11,17-18,23H,3,12-16H2,1-2H3,(H,27,29)(H,28,32)(H,30,31). The number of hydrogen-bond acceptors (Lipinski definition) is 4. The van der Waals surface area contributed by atoms with Crippen molar-refractivity contribution in [3.8, 4) is 11.1 Å². The fraction of sp³-hybridized carbons (Fsp3) is 0.423. The Labute approximate surface area is 194 Å². The van der Waals surface area contributed by atoms with E-state index in [9.17, 15) is 14.4 Å². The van der Waals surface area contributed by atoms with Gasteiger partial charge in [-0.3, -0.25) is 9.59 Å². The van der Waals surface area contributed by atoms with Gasteiger partial charge in [0.25, 0.3) is 0 Å². The van der Waals surface area contributed by atoms with E-state index >= 15 is 0 Å². The third kappa shape index (κ3) is 6.34. The molecule has 0 spiro atoms. The Morgan fingerprint density at radius 2 is 1.61 bits per heavy atom. The van der Waals surface area contributed by atoms with Crippen LogP contribution < -0.4 is 10.6 Å². The fourth-order valence-electron chi connectivity index (χ4n) is 4.13. The first-order valence-electron chi connectivity index (χ1n) is 11.5. The Morgan fingerprint density at radius 3 is 2.18 bits per heavy atom. The summed E-state index contributed by atoms with van der Waals surface area (Å²) in [7, 11) is 0. The molecule has 2 aromatic rings. The second-order valence-corrected chi connectivity index (χ2v) is 8.49. The lowest BCUT2D eigenvalue weighted by atomic mass is 9.98. The second kappa shape index (κ2) is 11.5. The predicted molar refractivity (Wildman–Crippen MR) is 126 cm³/mol. The van der Waals surface area contributed by atoms with Gasteiger partial charge >= 0.3 is 12.1 Å². The minimum absolute atomic E-state index is 0.00204. The molecule has 2 atom stereocenters. The largest absolute Gasteiger partial charge is 0.481 e. The monoisotopic (exact) mass is 452 g/mol. The van der Waals surface area contributed by atoms with E-state index in [1.54, 1.807) is 6.92 Å². The maximum Gasteiger partial charge on any atom is 0.407 e. The third-order valence-electron chi connectivity index (χ3n) is 6.20. The molecular formula is C26H32N2O5. The zero-order chi connectivity index (χ0) is 23.8. The lowest BCUT2D eigenvalue weighted by Gasteiger charge is -2.19. The van der Waals surface area contributed by atoms with Gasteiger partial charge in [-0.2, -0.15) is 0 Å². The van der Waals surface area contributed by atoms with Crippen molar-refractivity contribution in [2.45, 2.75) is 51.5 Å². The van der Waals surface area contributed by atoms with Gasteiger partial charge in [-0.15, -0.1) is 0 Å². The summed E-state index contributed by atoms with van der Waals surface area (Å²) in [5, 5.41) is 14.5. The van der Waals surface area contributed by atoms with E-state index in [0.717, 1.165) is 11.1 Å². The quantitative estimate of drug-likeness (QED) is 0.471.